The molecule has 0 saturated heterocycles. The van der Waals surface area contributed by atoms with Gasteiger partial charge in [-0.25, -0.2) is 0 Å². The first-order valence-corrected chi connectivity index (χ1v) is 7.80. The SMILES string of the molecule is CCN(CC)C(C)(NCc1ccccc1)c1ccccc1. The number of nitrogens with zero attached hydrogens (tertiary/aromatic N) is 1. The summed E-state index contributed by atoms with van der Waals surface area (Å²) in [6.45, 7) is 9.61. The Balaban J connectivity index is 2.24. The molecule has 0 spiro atoms. The molecule has 0 radical (unpaired) electrons. The van der Waals surface area contributed by atoms with Gasteiger partial charge in [0.15, 0.2) is 0 Å². The highest BCUT2D eigenvalue weighted by atomic mass is 15.3. The number of benzene rings is 2. The molecule has 2 heteroatoms. The van der Waals surface area contributed by atoms with E-state index in [0.29, 0.717) is 0 Å². The maximum Gasteiger partial charge on any atom is 0.0948 e. The van der Waals surface area contributed by atoms with Crippen LogP contribution in [0.1, 0.15) is 31.9 Å². The molecule has 0 fully saturated rings. The van der Waals surface area contributed by atoms with Gasteiger partial charge in [-0.05, 0) is 31.1 Å². The monoisotopic (exact) mass is 282 g/mol. The summed E-state index contributed by atoms with van der Waals surface area (Å²) in [6.07, 6.45) is 0. The van der Waals surface area contributed by atoms with Gasteiger partial charge in [0.25, 0.3) is 0 Å². The average Bonchev–Trinajstić information content (AvgIpc) is 2.56. The quantitative estimate of drug-likeness (QED) is 0.772. The predicted molar refractivity (Wildman–Crippen MR) is 90.0 cm³/mol. The van der Waals surface area contributed by atoms with Crippen LogP contribution < -0.4 is 5.32 Å². The van der Waals surface area contributed by atoms with Crippen LogP contribution in [0.5, 0.6) is 0 Å². The first-order chi connectivity index (χ1) is 10.2. The number of rotatable bonds is 7. The van der Waals surface area contributed by atoms with Crippen LogP contribution in [0, 0.1) is 0 Å². The second-order valence-corrected chi connectivity index (χ2v) is 5.45. The summed E-state index contributed by atoms with van der Waals surface area (Å²) in [7, 11) is 0. The van der Waals surface area contributed by atoms with E-state index in [1.807, 2.05) is 0 Å². The molecule has 2 aromatic rings. The second-order valence-electron chi connectivity index (χ2n) is 5.45. The molecule has 0 amide bonds. The summed E-state index contributed by atoms with van der Waals surface area (Å²) in [6, 6.07) is 21.3. The molecule has 1 atom stereocenters. The van der Waals surface area contributed by atoms with E-state index in [-0.39, 0.29) is 5.66 Å². The fourth-order valence-corrected chi connectivity index (χ4v) is 2.89. The Morgan fingerprint density at radius 1 is 0.857 bits per heavy atom. The average molecular weight is 282 g/mol. The van der Waals surface area contributed by atoms with Crippen molar-refractivity contribution in [2.45, 2.75) is 33.0 Å². The first-order valence-electron chi connectivity index (χ1n) is 7.80. The summed E-state index contributed by atoms with van der Waals surface area (Å²) in [5.74, 6) is 0. The smallest absolute Gasteiger partial charge is 0.0948 e. The van der Waals surface area contributed by atoms with E-state index in [1.54, 1.807) is 0 Å². The third kappa shape index (κ3) is 3.72. The lowest BCUT2D eigenvalue weighted by molar-refractivity contribution is 0.0770. The highest BCUT2D eigenvalue weighted by molar-refractivity contribution is 5.24. The Kier molecular flexibility index (Phi) is 5.54. The van der Waals surface area contributed by atoms with Crippen molar-refractivity contribution >= 4 is 0 Å². The molecular formula is C19H26N2. The van der Waals surface area contributed by atoms with Crippen molar-refractivity contribution in [3.63, 3.8) is 0 Å². The summed E-state index contributed by atoms with van der Waals surface area (Å²) in [5.41, 5.74) is 2.47. The van der Waals surface area contributed by atoms with Crippen molar-refractivity contribution in [3.8, 4) is 0 Å². The largest absolute Gasteiger partial charge is 0.291 e. The molecule has 1 unspecified atom stereocenters. The second kappa shape index (κ2) is 7.39. The molecule has 2 rings (SSSR count). The van der Waals surface area contributed by atoms with Gasteiger partial charge >= 0.3 is 0 Å². The van der Waals surface area contributed by atoms with E-state index in [1.165, 1.54) is 11.1 Å². The molecule has 0 saturated carbocycles. The van der Waals surface area contributed by atoms with Gasteiger partial charge in [-0.2, -0.15) is 0 Å². The van der Waals surface area contributed by atoms with Crippen LogP contribution in [-0.2, 0) is 12.2 Å². The van der Waals surface area contributed by atoms with Gasteiger partial charge in [0.1, 0.15) is 0 Å². The lowest BCUT2D eigenvalue weighted by Crippen LogP contribution is -2.53. The van der Waals surface area contributed by atoms with Crippen LogP contribution in [0.15, 0.2) is 60.7 Å². The van der Waals surface area contributed by atoms with E-state index in [4.69, 9.17) is 0 Å². The third-order valence-electron chi connectivity index (χ3n) is 4.21. The van der Waals surface area contributed by atoms with E-state index >= 15 is 0 Å². The maximum atomic E-state index is 3.76. The zero-order chi connectivity index (χ0) is 15.1. The molecule has 0 aliphatic carbocycles. The van der Waals surface area contributed by atoms with Crippen molar-refractivity contribution in [1.82, 2.24) is 10.2 Å². The predicted octanol–water partition coefficient (Wildman–Crippen LogP) is 3.99. The Hall–Kier alpha value is -1.64. The molecule has 0 aromatic heterocycles. The summed E-state index contributed by atoms with van der Waals surface area (Å²) in [4.78, 5) is 2.46. The summed E-state index contributed by atoms with van der Waals surface area (Å²) in [5, 5.41) is 3.76. The van der Waals surface area contributed by atoms with Crippen molar-refractivity contribution in [3.05, 3.63) is 71.8 Å². The van der Waals surface area contributed by atoms with E-state index in [2.05, 4.69) is 91.7 Å². The molecule has 0 aliphatic rings. The maximum absolute atomic E-state index is 3.76. The number of nitrogens with one attached hydrogen (secondary N) is 1. The van der Waals surface area contributed by atoms with Crippen LogP contribution >= 0.6 is 0 Å². The van der Waals surface area contributed by atoms with Gasteiger partial charge in [0, 0.05) is 6.54 Å². The molecule has 2 nitrogen and oxygen atoms in total. The fraction of sp³-hybridized carbons (Fsp3) is 0.368. The minimum atomic E-state index is -0.152. The van der Waals surface area contributed by atoms with E-state index in [9.17, 15) is 0 Å². The van der Waals surface area contributed by atoms with Gasteiger partial charge in [0.05, 0.1) is 5.66 Å². The van der Waals surface area contributed by atoms with Gasteiger partial charge in [-0.15, -0.1) is 0 Å². The molecule has 1 N–H and O–H groups in total. The highest BCUT2D eigenvalue weighted by Gasteiger charge is 2.31. The standard InChI is InChI=1S/C19H26N2/c1-4-21(5-2)19(3,18-14-10-7-11-15-18)20-16-17-12-8-6-9-13-17/h6-15,20H,4-5,16H2,1-3H3. The topological polar surface area (TPSA) is 15.3 Å². The zero-order valence-electron chi connectivity index (χ0n) is 13.3. The van der Waals surface area contributed by atoms with Crippen LogP contribution in [-0.4, -0.2) is 18.0 Å². The first kappa shape index (κ1) is 15.7. The third-order valence-corrected chi connectivity index (χ3v) is 4.21. The van der Waals surface area contributed by atoms with E-state index < -0.39 is 0 Å². The lowest BCUT2D eigenvalue weighted by Gasteiger charge is -2.42. The minimum Gasteiger partial charge on any atom is -0.291 e. The zero-order valence-corrected chi connectivity index (χ0v) is 13.3. The Morgan fingerprint density at radius 2 is 1.38 bits per heavy atom. The van der Waals surface area contributed by atoms with Crippen LogP contribution in [0.3, 0.4) is 0 Å². The normalized spacial score (nSPS) is 14.1. The molecule has 0 heterocycles. The molecule has 21 heavy (non-hydrogen) atoms. The van der Waals surface area contributed by atoms with Gasteiger partial charge in [-0.3, -0.25) is 10.2 Å². The van der Waals surface area contributed by atoms with Crippen molar-refractivity contribution in [1.29, 1.82) is 0 Å². The minimum absolute atomic E-state index is 0.152. The van der Waals surface area contributed by atoms with Crippen molar-refractivity contribution < 1.29 is 0 Å². The van der Waals surface area contributed by atoms with Crippen LogP contribution in [0.25, 0.3) is 0 Å². The van der Waals surface area contributed by atoms with Gasteiger partial charge in [-0.1, -0.05) is 74.5 Å². The molecule has 112 valence electrons. The fourth-order valence-electron chi connectivity index (χ4n) is 2.89. The van der Waals surface area contributed by atoms with Gasteiger partial charge < -0.3 is 0 Å². The van der Waals surface area contributed by atoms with Crippen LogP contribution in [0.2, 0.25) is 0 Å². The Labute approximate surface area is 128 Å². The van der Waals surface area contributed by atoms with Crippen LogP contribution in [0.4, 0.5) is 0 Å². The summed E-state index contributed by atoms with van der Waals surface area (Å²) < 4.78 is 0. The van der Waals surface area contributed by atoms with Gasteiger partial charge in [0.2, 0.25) is 0 Å². The number of hydrogen-bond donors (Lipinski definition) is 1. The Morgan fingerprint density at radius 3 is 1.90 bits per heavy atom. The molecule has 0 aliphatic heterocycles. The molecule has 2 aromatic carbocycles. The molecule has 0 bridgehead atoms. The summed E-state index contributed by atoms with van der Waals surface area (Å²) >= 11 is 0. The van der Waals surface area contributed by atoms with Crippen molar-refractivity contribution in [2.75, 3.05) is 13.1 Å². The number of hydrogen-bond acceptors (Lipinski definition) is 2. The van der Waals surface area contributed by atoms with E-state index in [0.717, 1.165) is 19.6 Å². The lowest BCUT2D eigenvalue weighted by atomic mass is 9.98. The molecular weight excluding hydrogens is 256 g/mol. The Bertz CT molecular complexity index is 520. The van der Waals surface area contributed by atoms with Crippen molar-refractivity contribution in [2.24, 2.45) is 0 Å². The highest BCUT2D eigenvalue weighted by Crippen LogP contribution is 2.25.